The highest BCUT2D eigenvalue weighted by atomic mass is 19.4. The van der Waals surface area contributed by atoms with E-state index in [1.807, 2.05) is 5.32 Å². The first kappa shape index (κ1) is 16.0. The van der Waals surface area contributed by atoms with E-state index in [0.29, 0.717) is 0 Å². The number of aromatic nitrogens is 2. The lowest BCUT2D eigenvalue weighted by Crippen LogP contribution is -2.61. The van der Waals surface area contributed by atoms with E-state index in [2.05, 4.69) is 20.6 Å². The maximum absolute atomic E-state index is 13.7. The van der Waals surface area contributed by atoms with Gasteiger partial charge in [-0.15, -0.1) is 0 Å². The summed E-state index contributed by atoms with van der Waals surface area (Å²) in [4.78, 5) is 7.55. The van der Waals surface area contributed by atoms with Crippen molar-refractivity contribution in [2.75, 3.05) is 23.1 Å². The Kier molecular flexibility index (Phi) is 3.57. The third-order valence-corrected chi connectivity index (χ3v) is 3.27. The molecular formula is C13H10F5N5O. The van der Waals surface area contributed by atoms with Crippen molar-refractivity contribution in [2.24, 2.45) is 0 Å². The largest absolute Gasteiger partial charge is 0.480 e. The lowest BCUT2D eigenvalue weighted by atomic mass is 10.2. The Bertz CT molecular complexity index is 784. The van der Waals surface area contributed by atoms with Crippen molar-refractivity contribution in [1.29, 1.82) is 0 Å². The minimum absolute atomic E-state index is 0.0158. The number of fused-ring (bicyclic) bond motifs is 1. The van der Waals surface area contributed by atoms with Crippen LogP contribution in [-0.2, 0) is 0 Å². The number of methoxy groups -OCH3 is 1. The van der Waals surface area contributed by atoms with Crippen molar-refractivity contribution in [3.8, 4) is 5.88 Å². The molecule has 1 aliphatic heterocycles. The second-order valence-corrected chi connectivity index (χ2v) is 4.83. The van der Waals surface area contributed by atoms with E-state index < -0.39 is 29.3 Å². The lowest BCUT2D eigenvalue weighted by molar-refractivity contribution is -0.162. The van der Waals surface area contributed by atoms with Crippen LogP contribution in [0.3, 0.4) is 0 Å². The highest BCUT2D eigenvalue weighted by molar-refractivity contribution is 5.72. The molecular weight excluding hydrogens is 337 g/mol. The summed E-state index contributed by atoms with van der Waals surface area (Å²) in [6, 6.07) is 2.84. The SMILES string of the molecule is COc1cnc2c(n1)NC(Nc1cccc(F)c1F)(C(F)(F)F)N2. The summed E-state index contributed by atoms with van der Waals surface area (Å²) in [6.07, 6.45) is -3.84. The van der Waals surface area contributed by atoms with Crippen molar-refractivity contribution in [3.63, 3.8) is 0 Å². The molecule has 0 radical (unpaired) electrons. The fourth-order valence-corrected chi connectivity index (χ4v) is 2.11. The molecule has 2 aromatic rings. The van der Waals surface area contributed by atoms with Gasteiger partial charge in [0.25, 0.3) is 5.79 Å². The van der Waals surface area contributed by atoms with Gasteiger partial charge in [-0.1, -0.05) is 6.07 Å². The molecule has 2 heterocycles. The summed E-state index contributed by atoms with van der Waals surface area (Å²) in [6.45, 7) is 0. The van der Waals surface area contributed by atoms with E-state index in [0.717, 1.165) is 24.4 Å². The van der Waals surface area contributed by atoms with Gasteiger partial charge in [-0.25, -0.2) is 13.8 Å². The van der Waals surface area contributed by atoms with Gasteiger partial charge in [0.05, 0.1) is 19.0 Å². The smallest absolute Gasteiger partial charge is 0.451 e. The summed E-state index contributed by atoms with van der Waals surface area (Å²) >= 11 is 0. The van der Waals surface area contributed by atoms with E-state index >= 15 is 0 Å². The molecule has 1 atom stereocenters. The van der Waals surface area contributed by atoms with Crippen LogP contribution in [0.25, 0.3) is 0 Å². The molecule has 0 saturated heterocycles. The van der Waals surface area contributed by atoms with Crippen LogP contribution in [0.4, 0.5) is 39.3 Å². The maximum Gasteiger partial charge on any atom is 0.451 e. The number of nitrogens with zero attached hydrogens (tertiary/aromatic N) is 2. The van der Waals surface area contributed by atoms with Crippen LogP contribution < -0.4 is 20.7 Å². The van der Waals surface area contributed by atoms with Gasteiger partial charge >= 0.3 is 6.18 Å². The fraction of sp³-hybridized carbons (Fsp3) is 0.231. The molecule has 0 bridgehead atoms. The average molecular weight is 347 g/mol. The predicted octanol–water partition coefficient (Wildman–Crippen LogP) is 2.93. The van der Waals surface area contributed by atoms with E-state index in [9.17, 15) is 22.0 Å². The highest BCUT2D eigenvalue weighted by Crippen LogP contribution is 2.42. The number of rotatable bonds is 3. The third kappa shape index (κ3) is 2.51. The van der Waals surface area contributed by atoms with Gasteiger partial charge in [-0.3, -0.25) is 0 Å². The molecule has 1 aromatic carbocycles. The Morgan fingerprint density at radius 2 is 1.88 bits per heavy atom. The fourth-order valence-electron chi connectivity index (χ4n) is 2.11. The molecule has 128 valence electrons. The summed E-state index contributed by atoms with van der Waals surface area (Å²) in [5, 5.41) is 6.04. The number of halogens is 5. The molecule has 0 saturated carbocycles. The average Bonchev–Trinajstić information content (AvgIpc) is 2.90. The maximum atomic E-state index is 13.7. The third-order valence-electron chi connectivity index (χ3n) is 3.27. The molecule has 0 spiro atoms. The standard InChI is InChI=1S/C13H10F5N5O/c1-24-8-5-19-10-11(20-8)23-13(22-10,12(16,17)18)21-7-4-2-3-6(14)9(7)15/h2-5,21H,1H3,(H,19,22)(H,20,23). The van der Waals surface area contributed by atoms with Crippen LogP contribution in [0.2, 0.25) is 0 Å². The first-order valence-electron chi connectivity index (χ1n) is 6.52. The molecule has 1 aromatic heterocycles. The zero-order valence-electron chi connectivity index (χ0n) is 12.0. The van der Waals surface area contributed by atoms with Gasteiger partial charge in [-0.05, 0) is 12.1 Å². The Balaban J connectivity index is 2.01. The molecule has 1 aliphatic rings. The Labute approximate surface area is 132 Å². The first-order valence-corrected chi connectivity index (χ1v) is 6.52. The lowest BCUT2D eigenvalue weighted by Gasteiger charge is -2.33. The predicted molar refractivity (Wildman–Crippen MR) is 74.6 cm³/mol. The molecule has 0 fully saturated rings. The number of anilines is 3. The molecule has 0 aliphatic carbocycles. The molecule has 3 N–H and O–H groups in total. The van der Waals surface area contributed by atoms with Crippen molar-refractivity contribution >= 4 is 17.3 Å². The highest BCUT2D eigenvalue weighted by Gasteiger charge is 2.60. The van der Waals surface area contributed by atoms with Crippen LogP contribution >= 0.6 is 0 Å². The van der Waals surface area contributed by atoms with Gasteiger partial charge in [0.1, 0.15) is 0 Å². The molecule has 24 heavy (non-hydrogen) atoms. The quantitative estimate of drug-likeness (QED) is 0.742. The van der Waals surface area contributed by atoms with Crippen molar-refractivity contribution in [3.05, 3.63) is 36.0 Å². The molecule has 3 rings (SSSR count). The van der Waals surface area contributed by atoms with Crippen LogP contribution in [-0.4, -0.2) is 29.0 Å². The van der Waals surface area contributed by atoms with Crippen molar-refractivity contribution in [2.45, 2.75) is 12.0 Å². The van der Waals surface area contributed by atoms with Crippen molar-refractivity contribution in [1.82, 2.24) is 9.97 Å². The first-order chi connectivity index (χ1) is 11.3. The number of alkyl halides is 3. The van der Waals surface area contributed by atoms with Crippen LogP contribution in [0.15, 0.2) is 24.4 Å². The van der Waals surface area contributed by atoms with E-state index in [1.165, 1.54) is 7.11 Å². The topological polar surface area (TPSA) is 71.1 Å². The van der Waals surface area contributed by atoms with Gasteiger partial charge in [0, 0.05) is 0 Å². The summed E-state index contributed by atoms with van der Waals surface area (Å²) in [5.41, 5.74) is -0.688. The van der Waals surface area contributed by atoms with Crippen molar-refractivity contribution < 1.29 is 26.7 Å². The number of nitrogens with one attached hydrogen (secondary N) is 3. The Morgan fingerprint density at radius 3 is 2.54 bits per heavy atom. The Morgan fingerprint density at radius 1 is 1.17 bits per heavy atom. The second kappa shape index (κ2) is 5.35. The normalized spacial score (nSPS) is 19.2. The number of ether oxygens (including phenoxy) is 1. The zero-order chi connectivity index (χ0) is 17.5. The van der Waals surface area contributed by atoms with Gasteiger partial charge in [0.15, 0.2) is 23.3 Å². The van der Waals surface area contributed by atoms with Crippen LogP contribution in [0.1, 0.15) is 0 Å². The van der Waals surface area contributed by atoms with E-state index in [-0.39, 0.29) is 17.5 Å². The summed E-state index contributed by atoms with van der Waals surface area (Å²) < 4.78 is 72.6. The molecule has 1 unspecified atom stereocenters. The van der Waals surface area contributed by atoms with Gasteiger partial charge in [0.2, 0.25) is 5.88 Å². The minimum atomic E-state index is -4.96. The zero-order valence-corrected chi connectivity index (χ0v) is 12.0. The van der Waals surface area contributed by atoms with Crippen LogP contribution in [0.5, 0.6) is 5.88 Å². The van der Waals surface area contributed by atoms with E-state index in [4.69, 9.17) is 4.74 Å². The number of benzene rings is 1. The monoisotopic (exact) mass is 347 g/mol. The van der Waals surface area contributed by atoms with Gasteiger partial charge < -0.3 is 20.7 Å². The summed E-state index contributed by atoms with van der Waals surface area (Å²) in [7, 11) is 1.27. The Hall–Kier alpha value is -2.85. The van der Waals surface area contributed by atoms with Crippen LogP contribution in [0, 0.1) is 11.6 Å². The van der Waals surface area contributed by atoms with Gasteiger partial charge in [-0.2, -0.15) is 18.2 Å². The summed E-state index contributed by atoms with van der Waals surface area (Å²) in [5.74, 6) is -6.24. The number of hydrogen-bond acceptors (Lipinski definition) is 6. The second-order valence-electron chi connectivity index (χ2n) is 4.83. The molecule has 6 nitrogen and oxygen atoms in total. The molecule has 11 heteroatoms. The van der Waals surface area contributed by atoms with E-state index in [1.54, 1.807) is 0 Å². The number of hydrogen-bond donors (Lipinski definition) is 3. The molecule has 0 amide bonds. The minimum Gasteiger partial charge on any atom is -0.480 e.